The third kappa shape index (κ3) is 2.57. The largest absolute Gasteiger partial charge is 0.369 e. The Balaban J connectivity index is 1.66. The van der Waals surface area contributed by atoms with Gasteiger partial charge in [0.2, 0.25) is 0 Å². The van der Waals surface area contributed by atoms with E-state index in [1.165, 1.54) is 22.3 Å². The number of aryl methyl sites for hydroxylation is 1. The van der Waals surface area contributed by atoms with Crippen LogP contribution in [-0.4, -0.2) is 16.5 Å². The predicted molar refractivity (Wildman–Crippen MR) is 82.8 cm³/mol. The van der Waals surface area contributed by atoms with E-state index < -0.39 is 0 Å². The summed E-state index contributed by atoms with van der Waals surface area (Å²) >= 11 is 0. The molecular weight excluding hydrogens is 246 g/mol. The van der Waals surface area contributed by atoms with Crippen LogP contribution in [0.15, 0.2) is 36.7 Å². The second-order valence-corrected chi connectivity index (χ2v) is 5.30. The van der Waals surface area contributed by atoms with Gasteiger partial charge in [0, 0.05) is 18.5 Å². The summed E-state index contributed by atoms with van der Waals surface area (Å²) in [4.78, 5) is 8.73. The zero-order chi connectivity index (χ0) is 13.9. The average Bonchev–Trinajstić information content (AvgIpc) is 2.84. The van der Waals surface area contributed by atoms with E-state index in [9.17, 15) is 0 Å². The average molecular weight is 265 g/mol. The van der Waals surface area contributed by atoms with Gasteiger partial charge in [0.1, 0.15) is 12.1 Å². The van der Waals surface area contributed by atoms with Gasteiger partial charge in [-0.2, -0.15) is 0 Å². The van der Waals surface area contributed by atoms with Crippen LogP contribution in [0.25, 0.3) is 5.57 Å². The van der Waals surface area contributed by atoms with E-state index in [1.807, 2.05) is 0 Å². The first kappa shape index (κ1) is 12.9. The number of hydrogen-bond donors (Lipinski definition) is 1. The lowest BCUT2D eigenvalue weighted by Gasteiger charge is -2.11. The molecule has 1 aliphatic rings. The van der Waals surface area contributed by atoms with Crippen LogP contribution >= 0.6 is 0 Å². The number of benzene rings is 1. The smallest absolute Gasteiger partial charge is 0.137 e. The van der Waals surface area contributed by atoms with Crippen LogP contribution in [0.1, 0.15) is 29.3 Å². The molecule has 1 aromatic carbocycles. The summed E-state index contributed by atoms with van der Waals surface area (Å²) < 4.78 is 0. The second kappa shape index (κ2) is 5.45. The van der Waals surface area contributed by atoms with Gasteiger partial charge >= 0.3 is 0 Å². The minimum Gasteiger partial charge on any atom is -0.369 e. The zero-order valence-electron chi connectivity index (χ0n) is 12.0. The third-order valence-electron chi connectivity index (χ3n) is 3.75. The van der Waals surface area contributed by atoms with Gasteiger partial charge in [0.05, 0.1) is 5.69 Å². The summed E-state index contributed by atoms with van der Waals surface area (Å²) in [6.45, 7) is 5.13. The van der Waals surface area contributed by atoms with Crippen molar-refractivity contribution in [2.24, 2.45) is 0 Å². The number of nitrogens with zero attached hydrogens (tertiary/aromatic N) is 2. The van der Waals surface area contributed by atoms with Crippen LogP contribution in [0.5, 0.6) is 0 Å². The lowest BCUT2D eigenvalue weighted by Crippen LogP contribution is -2.09. The van der Waals surface area contributed by atoms with Crippen molar-refractivity contribution < 1.29 is 0 Å². The van der Waals surface area contributed by atoms with Crippen LogP contribution in [0.4, 0.5) is 5.82 Å². The van der Waals surface area contributed by atoms with Crippen molar-refractivity contribution in [2.75, 3.05) is 11.9 Å². The quantitative estimate of drug-likeness (QED) is 0.920. The Morgan fingerprint density at radius 3 is 2.70 bits per heavy atom. The van der Waals surface area contributed by atoms with Crippen LogP contribution in [0.3, 0.4) is 0 Å². The van der Waals surface area contributed by atoms with Gasteiger partial charge in [0.15, 0.2) is 0 Å². The second-order valence-electron chi connectivity index (χ2n) is 5.30. The van der Waals surface area contributed by atoms with E-state index in [0.717, 1.165) is 30.9 Å². The molecule has 0 spiro atoms. The van der Waals surface area contributed by atoms with Gasteiger partial charge in [-0.25, -0.2) is 9.97 Å². The molecule has 0 fully saturated rings. The van der Waals surface area contributed by atoms with E-state index in [0.29, 0.717) is 0 Å². The molecule has 0 bridgehead atoms. The van der Waals surface area contributed by atoms with E-state index in [-0.39, 0.29) is 0 Å². The molecule has 1 aliphatic carbocycles. The summed E-state index contributed by atoms with van der Waals surface area (Å²) in [5, 5.41) is 3.45. The van der Waals surface area contributed by atoms with Crippen LogP contribution in [-0.2, 0) is 12.8 Å². The zero-order valence-corrected chi connectivity index (χ0v) is 12.0. The van der Waals surface area contributed by atoms with E-state index in [2.05, 4.69) is 59.5 Å². The van der Waals surface area contributed by atoms with Crippen molar-refractivity contribution in [1.29, 1.82) is 0 Å². The van der Waals surface area contributed by atoms with Crippen LogP contribution < -0.4 is 5.32 Å². The Bertz CT molecular complexity index is 642. The molecule has 0 saturated carbocycles. The standard InChI is InChI=1S/C17H19N3/c1-12-3-6-14(7-4-12)9-10-18-17-16-13(2)5-8-15(16)19-11-20-17/h3-7,11H,8-10H2,1-2H3,(H,18,19,20). The van der Waals surface area contributed by atoms with E-state index in [4.69, 9.17) is 0 Å². The molecule has 20 heavy (non-hydrogen) atoms. The molecule has 102 valence electrons. The topological polar surface area (TPSA) is 37.8 Å². The highest BCUT2D eigenvalue weighted by Gasteiger charge is 2.16. The highest BCUT2D eigenvalue weighted by molar-refractivity contribution is 5.77. The first-order valence-electron chi connectivity index (χ1n) is 7.04. The number of anilines is 1. The molecule has 3 rings (SSSR count). The molecule has 2 aromatic rings. The molecule has 0 amide bonds. The van der Waals surface area contributed by atoms with Crippen molar-refractivity contribution in [2.45, 2.75) is 26.7 Å². The molecule has 1 N–H and O–H groups in total. The SMILES string of the molecule is CC1=CCc2ncnc(NCCc3ccc(C)cc3)c21. The molecule has 0 aliphatic heterocycles. The summed E-state index contributed by atoms with van der Waals surface area (Å²) in [6, 6.07) is 8.69. The van der Waals surface area contributed by atoms with Crippen molar-refractivity contribution in [3.63, 3.8) is 0 Å². The maximum absolute atomic E-state index is 4.38. The lowest BCUT2D eigenvalue weighted by molar-refractivity contribution is 0.984. The Labute approximate surface area is 119 Å². The number of hydrogen-bond acceptors (Lipinski definition) is 3. The minimum absolute atomic E-state index is 0.889. The van der Waals surface area contributed by atoms with Gasteiger partial charge in [-0.05, 0) is 31.4 Å². The molecule has 1 aromatic heterocycles. The van der Waals surface area contributed by atoms with Crippen molar-refractivity contribution >= 4 is 11.4 Å². The molecule has 0 saturated heterocycles. The normalized spacial score (nSPS) is 13.0. The fourth-order valence-corrected chi connectivity index (χ4v) is 2.56. The number of nitrogens with one attached hydrogen (secondary N) is 1. The van der Waals surface area contributed by atoms with Crippen LogP contribution in [0.2, 0.25) is 0 Å². The maximum atomic E-state index is 4.38. The fraction of sp³-hybridized carbons (Fsp3) is 0.294. The predicted octanol–water partition coefficient (Wildman–Crippen LogP) is 3.40. The Kier molecular flexibility index (Phi) is 3.50. The minimum atomic E-state index is 0.889. The summed E-state index contributed by atoms with van der Waals surface area (Å²) in [7, 11) is 0. The van der Waals surface area contributed by atoms with Gasteiger partial charge in [-0.3, -0.25) is 0 Å². The number of allylic oxidation sites excluding steroid dienone is 2. The van der Waals surface area contributed by atoms with Crippen molar-refractivity contribution in [3.8, 4) is 0 Å². The lowest BCUT2D eigenvalue weighted by atomic mass is 10.1. The highest BCUT2D eigenvalue weighted by Crippen LogP contribution is 2.30. The molecule has 0 unspecified atom stereocenters. The van der Waals surface area contributed by atoms with Gasteiger partial charge in [-0.1, -0.05) is 35.9 Å². The third-order valence-corrected chi connectivity index (χ3v) is 3.75. The number of fused-ring (bicyclic) bond motifs is 1. The highest BCUT2D eigenvalue weighted by atomic mass is 15.0. The molecular formula is C17H19N3. The van der Waals surface area contributed by atoms with Crippen molar-refractivity contribution in [1.82, 2.24) is 9.97 Å². The summed E-state index contributed by atoms with van der Waals surface area (Å²) in [6.07, 6.45) is 5.79. The molecule has 0 radical (unpaired) electrons. The molecule has 3 heteroatoms. The molecule has 0 atom stereocenters. The van der Waals surface area contributed by atoms with Crippen molar-refractivity contribution in [3.05, 3.63) is 59.1 Å². The van der Waals surface area contributed by atoms with Gasteiger partial charge < -0.3 is 5.32 Å². The number of aromatic nitrogens is 2. The van der Waals surface area contributed by atoms with E-state index in [1.54, 1.807) is 6.33 Å². The molecule has 1 heterocycles. The molecule has 3 nitrogen and oxygen atoms in total. The summed E-state index contributed by atoms with van der Waals surface area (Å²) in [5.41, 5.74) is 6.25. The fourth-order valence-electron chi connectivity index (χ4n) is 2.56. The Morgan fingerprint density at radius 2 is 1.90 bits per heavy atom. The Morgan fingerprint density at radius 1 is 1.10 bits per heavy atom. The van der Waals surface area contributed by atoms with Gasteiger partial charge in [0.25, 0.3) is 0 Å². The van der Waals surface area contributed by atoms with E-state index >= 15 is 0 Å². The monoisotopic (exact) mass is 265 g/mol. The maximum Gasteiger partial charge on any atom is 0.137 e. The van der Waals surface area contributed by atoms with Crippen LogP contribution in [0, 0.1) is 6.92 Å². The first-order valence-corrected chi connectivity index (χ1v) is 7.04. The van der Waals surface area contributed by atoms with Gasteiger partial charge in [-0.15, -0.1) is 0 Å². The summed E-state index contributed by atoms with van der Waals surface area (Å²) in [5.74, 6) is 0.966. The first-order chi connectivity index (χ1) is 9.74. The number of rotatable bonds is 4. The Hall–Kier alpha value is -2.16.